The minimum absolute atomic E-state index is 0.00164. The molecule has 1 unspecified atom stereocenters. The van der Waals surface area contributed by atoms with Gasteiger partial charge in [-0.2, -0.15) is 13.2 Å². The van der Waals surface area contributed by atoms with Crippen LogP contribution in [-0.2, 0) is 22.3 Å². The van der Waals surface area contributed by atoms with Gasteiger partial charge in [-0.1, -0.05) is 32.9 Å². The van der Waals surface area contributed by atoms with Crippen LogP contribution in [-0.4, -0.2) is 54.1 Å². The Labute approximate surface area is 245 Å². The lowest BCUT2D eigenvalue weighted by molar-refractivity contribution is -0.144. The van der Waals surface area contributed by atoms with Gasteiger partial charge in [-0.05, 0) is 91.8 Å². The lowest BCUT2D eigenvalue weighted by Crippen LogP contribution is -2.47. The summed E-state index contributed by atoms with van der Waals surface area (Å²) in [6, 6.07) is 11.6. The van der Waals surface area contributed by atoms with Crippen molar-refractivity contribution < 1.29 is 32.2 Å². The van der Waals surface area contributed by atoms with E-state index in [0.29, 0.717) is 35.3 Å². The molecular weight excluding hydrogens is 545 g/mol. The molecule has 0 radical (unpaired) electrons. The lowest BCUT2D eigenvalue weighted by Gasteiger charge is -2.42. The number of benzene rings is 2. The van der Waals surface area contributed by atoms with Crippen LogP contribution in [0.25, 0.3) is 0 Å². The maximum Gasteiger partial charge on any atom is 0.416 e. The van der Waals surface area contributed by atoms with E-state index in [9.17, 15) is 22.8 Å². The van der Waals surface area contributed by atoms with Gasteiger partial charge in [0, 0.05) is 18.2 Å². The number of fused-ring (bicyclic) bond motifs is 2. The fraction of sp³-hybridized carbons (Fsp3) is 0.576. The van der Waals surface area contributed by atoms with Crippen molar-refractivity contribution in [2.75, 3.05) is 26.4 Å². The van der Waals surface area contributed by atoms with E-state index in [2.05, 4.69) is 31.7 Å². The normalized spacial score (nSPS) is 30.2. The molecule has 42 heavy (non-hydrogen) atoms. The SMILES string of the molecule is CCOC(=O)c1cccc([C@H]2CCN([C@@H]3CC4C(C)(C)[C@@]4(C(=O)N4COc5ccc(C(F)(F)F)cc5C4)C3)C[C@@H]2C)c1. The monoisotopic (exact) mass is 584 g/mol. The number of esters is 1. The lowest BCUT2D eigenvalue weighted by atomic mass is 9.79. The summed E-state index contributed by atoms with van der Waals surface area (Å²) in [7, 11) is 0. The summed E-state index contributed by atoms with van der Waals surface area (Å²) in [5, 5.41) is 0. The summed E-state index contributed by atoms with van der Waals surface area (Å²) in [6.07, 6.45) is -1.78. The summed E-state index contributed by atoms with van der Waals surface area (Å²) in [5.74, 6) is 1.07. The molecule has 0 spiro atoms. The van der Waals surface area contributed by atoms with Crippen LogP contribution in [0.3, 0.4) is 0 Å². The zero-order valence-corrected chi connectivity index (χ0v) is 24.7. The molecule has 0 N–H and O–H groups in total. The van der Waals surface area contributed by atoms with Crippen LogP contribution >= 0.6 is 0 Å². The van der Waals surface area contributed by atoms with Gasteiger partial charge in [0.2, 0.25) is 5.91 Å². The van der Waals surface area contributed by atoms with E-state index in [1.54, 1.807) is 17.9 Å². The molecule has 2 aliphatic carbocycles. The van der Waals surface area contributed by atoms with E-state index in [-0.39, 0.29) is 42.5 Å². The molecule has 2 aromatic rings. The number of alkyl halides is 3. The van der Waals surface area contributed by atoms with Gasteiger partial charge in [-0.25, -0.2) is 4.79 Å². The number of carbonyl (C=O) groups excluding carboxylic acids is 2. The zero-order chi connectivity index (χ0) is 30.0. The highest BCUT2D eigenvalue weighted by atomic mass is 19.4. The third-order valence-electron chi connectivity index (χ3n) is 10.7. The zero-order valence-electron chi connectivity index (χ0n) is 24.7. The molecule has 6 rings (SSSR count). The number of hydrogen-bond acceptors (Lipinski definition) is 5. The average molecular weight is 585 g/mol. The van der Waals surface area contributed by atoms with E-state index >= 15 is 0 Å². The quantitative estimate of drug-likeness (QED) is 0.376. The van der Waals surface area contributed by atoms with Crippen molar-refractivity contribution in [1.82, 2.24) is 9.80 Å². The van der Waals surface area contributed by atoms with Crippen molar-refractivity contribution in [3.63, 3.8) is 0 Å². The molecule has 2 aliphatic heterocycles. The molecule has 2 aromatic carbocycles. The number of hydrogen-bond donors (Lipinski definition) is 0. The molecule has 6 nitrogen and oxygen atoms in total. The summed E-state index contributed by atoms with van der Waals surface area (Å²) < 4.78 is 50.9. The van der Waals surface area contributed by atoms with Gasteiger partial charge in [0.15, 0.2) is 6.73 Å². The highest BCUT2D eigenvalue weighted by Crippen LogP contribution is 2.77. The van der Waals surface area contributed by atoms with Gasteiger partial charge in [-0.3, -0.25) is 4.79 Å². The minimum Gasteiger partial charge on any atom is -0.473 e. The Balaban J connectivity index is 1.13. The Morgan fingerprint density at radius 3 is 2.64 bits per heavy atom. The molecule has 3 fully saturated rings. The Morgan fingerprint density at radius 1 is 1.14 bits per heavy atom. The fourth-order valence-electron chi connectivity index (χ4n) is 8.33. The summed E-state index contributed by atoms with van der Waals surface area (Å²) in [4.78, 5) is 30.5. The molecule has 1 amide bonds. The number of halogens is 3. The van der Waals surface area contributed by atoms with Gasteiger partial charge in [0.1, 0.15) is 5.75 Å². The van der Waals surface area contributed by atoms with Crippen molar-refractivity contribution in [1.29, 1.82) is 0 Å². The maximum absolute atomic E-state index is 14.1. The Bertz CT molecular complexity index is 1390. The third kappa shape index (κ3) is 4.68. The maximum atomic E-state index is 14.1. The molecule has 2 saturated carbocycles. The second kappa shape index (κ2) is 10.3. The first-order valence-electron chi connectivity index (χ1n) is 15.0. The summed E-state index contributed by atoms with van der Waals surface area (Å²) in [5.41, 5.74) is 0.733. The molecular formula is C33H39F3N2O4. The predicted molar refractivity (Wildman–Crippen MR) is 151 cm³/mol. The minimum atomic E-state index is -4.45. The van der Waals surface area contributed by atoms with Gasteiger partial charge >= 0.3 is 12.1 Å². The predicted octanol–water partition coefficient (Wildman–Crippen LogP) is 6.49. The van der Waals surface area contributed by atoms with Crippen LogP contribution in [0.5, 0.6) is 5.75 Å². The number of nitrogens with zero attached hydrogens (tertiary/aromatic N) is 2. The first-order valence-corrected chi connectivity index (χ1v) is 15.0. The first kappa shape index (κ1) is 29.0. The Kier molecular flexibility index (Phi) is 7.10. The van der Waals surface area contributed by atoms with Crippen molar-refractivity contribution >= 4 is 11.9 Å². The van der Waals surface area contributed by atoms with Gasteiger partial charge in [0.05, 0.1) is 29.7 Å². The smallest absolute Gasteiger partial charge is 0.416 e. The first-order chi connectivity index (χ1) is 19.9. The molecule has 9 heteroatoms. The van der Waals surface area contributed by atoms with Crippen LogP contribution in [0.15, 0.2) is 42.5 Å². The molecule has 1 saturated heterocycles. The average Bonchev–Trinajstić information content (AvgIpc) is 3.23. The number of ether oxygens (including phenoxy) is 2. The van der Waals surface area contributed by atoms with E-state index in [4.69, 9.17) is 9.47 Å². The topological polar surface area (TPSA) is 59.1 Å². The third-order valence-corrected chi connectivity index (χ3v) is 10.7. The van der Waals surface area contributed by atoms with Crippen LogP contribution < -0.4 is 4.74 Å². The highest BCUT2D eigenvalue weighted by Gasteiger charge is 2.79. The van der Waals surface area contributed by atoms with Gasteiger partial charge in [-0.15, -0.1) is 0 Å². The van der Waals surface area contributed by atoms with E-state index < -0.39 is 17.2 Å². The number of piperidine rings is 1. The Morgan fingerprint density at radius 2 is 1.93 bits per heavy atom. The number of carbonyl (C=O) groups is 2. The molecule has 2 heterocycles. The van der Waals surface area contributed by atoms with Crippen molar-refractivity contribution in [2.24, 2.45) is 22.7 Å². The number of amides is 1. The van der Waals surface area contributed by atoms with E-state index in [0.717, 1.165) is 50.0 Å². The van der Waals surface area contributed by atoms with Gasteiger partial charge in [0.25, 0.3) is 0 Å². The second-order valence-electron chi connectivity index (χ2n) is 13.1. The van der Waals surface area contributed by atoms with Crippen LogP contribution in [0.4, 0.5) is 13.2 Å². The second-order valence-corrected chi connectivity index (χ2v) is 13.1. The standard InChI is InChI=1S/C33H39F3N2O4/c1-5-41-29(39)22-8-6-7-21(13-22)26-11-12-37(17-20(26)2)25-15-28-31(3,4)32(28,16-25)30(40)38-18-23-14-24(33(34,35)36)9-10-27(23)42-19-38/h6-10,13-14,20,25-26,28H,5,11-12,15-19H2,1-4H3/t20-,25+,26-,28?,32-/m0/s1. The molecule has 0 bridgehead atoms. The Hall–Kier alpha value is -3.07. The van der Waals surface area contributed by atoms with Crippen molar-refractivity contribution in [2.45, 2.75) is 71.6 Å². The largest absolute Gasteiger partial charge is 0.473 e. The molecule has 226 valence electrons. The van der Waals surface area contributed by atoms with Gasteiger partial charge < -0.3 is 19.3 Å². The summed E-state index contributed by atoms with van der Waals surface area (Å²) in [6.45, 7) is 10.7. The number of likely N-dealkylation sites (tertiary alicyclic amines) is 1. The molecule has 5 atom stereocenters. The van der Waals surface area contributed by atoms with Crippen molar-refractivity contribution in [3.05, 3.63) is 64.7 Å². The number of rotatable bonds is 5. The van der Waals surface area contributed by atoms with E-state index in [1.165, 1.54) is 6.07 Å². The van der Waals surface area contributed by atoms with Crippen LogP contribution in [0.2, 0.25) is 0 Å². The summed E-state index contributed by atoms with van der Waals surface area (Å²) >= 11 is 0. The van der Waals surface area contributed by atoms with Crippen LogP contribution in [0.1, 0.15) is 79.9 Å². The van der Waals surface area contributed by atoms with Crippen LogP contribution in [0, 0.1) is 22.7 Å². The van der Waals surface area contributed by atoms with Crippen molar-refractivity contribution in [3.8, 4) is 5.75 Å². The molecule has 4 aliphatic rings. The molecule has 0 aromatic heterocycles. The highest BCUT2D eigenvalue weighted by molar-refractivity contribution is 5.90. The van der Waals surface area contributed by atoms with E-state index in [1.807, 2.05) is 12.1 Å². The fourth-order valence-corrected chi connectivity index (χ4v) is 8.33.